The van der Waals surface area contributed by atoms with Crippen molar-refractivity contribution >= 4 is 16.9 Å². The number of pyridine rings is 1. The molecule has 1 aromatic carbocycles. The SMILES string of the molecule is O=C(Cc1ccc2c(c1)CCO2)N1CCC(c2c[nH]c3ncccc23)CC1. The lowest BCUT2D eigenvalue weighted by Crippen LogP contribution is -2.38. The van der Waals surface area contributed by atoms with Crippen LogP contribution in [0.1, 0.15) is 35.4 Å². The summed E-state index contributed by atoms with van der Waals surface area (Å²) in [7, 11) is 0. The fraction of sp³-hybridized carbons (Fsp3) is 0.364. The van der Waals surface area contributed by atoms with E-state index < -0.39 is 0 Å². The minimum Gasteiger partial charge on any atom is -0.493 e. The van der Waals surface area contributed by atoms with E-state index in [1.54, 1.807) is 0 Å². The van der Waals surface area contributed by atoms with Crippen LogP contribution >= 0.6 is 0 Å². The zero-order valence-electron chi connectivity index (χ0n) is 15.3. The first-order valence-electron chi connectivity index (χ1n) is 9.72. The van der Waals surface area contributed by atoms with Crippen molar-refractivity contribution in [1.82, 2.24) is 14.9 Å². The Bertz CT molecular complexity index is 986. The van der Waals surface area contributed by atoms with Crippen LogP contribution < -0.4 is 4.74 Å². The first kappa shape index (κ1) is 16.4. The second-order valence-electron chi connectivity index (χ2n) is 7.52. The van der Waals surface area contributed by atoms with Crippen molar-refractivity contribution in [3.05, 3.63) is 59.4 Å². The van der Waals surface area contributed by atoms with Crippen LogP contribution in [0.2, 0.25) is 0 Å². The number of amides is 1. The van der Waals surface area contributed by atoms with Crippen molar-refractivity contribution in [3.63, 3.8) is 0 Å². The number of carbonyl (C=O) groups is 1. The Morgan fingerprint density at radius 1 is 1.26 bits per heavy atom. The highest BCUT2D eigenvalue weighted by Gasteiger charge is 2.26. The normalized spacial score (nSPS) is 17.1. The van der Waals surface area contributed by atoms with Crippen LogP contribution in [0.25, 0.3) is 11.0 Å². The third-order valence-corrected chi connectivity index (χ3v) is 5.88. The topological polar surface area (TPSA) is 58.2 Å². The molecule has 2 aromatic heterocycles. The Morgan fingerprint density at radius 3 is 3.04 bits per heavy atom. The Balaban J connectivity index is 1.23. The number of piperidine rings is 1. The molecule has 138 valence electrons. The predicted octanol–water partition coefficient (Wildman–Crippen LogP) is 3.45. The zero-order valence-corrected chi connectivity index (χ0v) is 15.3. The van der Waals surface area contributed by atoms with Gasteiger partial charge in [-0.05, 0) is 53.6 Å². The number of ether oxygens (including phenoxy) is 1. The predicted molar refractivity (Wildman–Crippen MR) is 104 cm³/mol. The number of aromatic amines is 1. The molecule has 1 amide bonds. The molecule has 1 saturated heterocycles. The standard InChI is InChI=1S/C22H23N3O2/c26-21(13-15-3-4-20-17(12-15)7-11-27-20)25-9-5-16(6-10-25)19-14-24-22-18(19)2-1-8-23-22/h1-4,8,12,14,16H,5-7,9-11,13H2,(H,23,24). The number of likely N-dealkylation sites (tertiary alicyclic amines) is 1. The Hall–Kier alpha value is -2.82. The molecule has 1 fully saturated rings. The molecule has 0 unspecified atom stereocenters. The fourth-order valence-corrected chi connectivity index (χ4v) is 4.39. The molecule has 0 saturated carbocycles. The number of aromatic nitrogens is 2. The van der Waals surface area contributed by atoms with Crippen LogP contribution in [-0.4, -0.2) is 40.5 Å². The molecular weight excluding hydrogens is 338 g/mol. The number of hydrogen-bond acceptors (Lipinski definition) is 3. The van der Waals surface area contributed by atoms with Crippen molar-refractivity contribution in [2.24, 2.45) is 0 Å². The number of benzene rings is 1. The van der Waals surface area contributed by atoms with Crippen molar-refractivity contribution < 1.29 is 9.53 Å². The second-order valence-corrected chi connectivity index (χ2v) is 7.52. The number of nitrogens with one attached hydrogen (secondary N) is 1. The van der Waals surface area contributed by atoms with E-state index in [1.807, 2.05) is 29.3 Å². The van der Waals surface area contributed by atoms with Crippen LogP contribution in [-0.2, 0) is 17.6 Å². The minimum absolute atomic E-state index is 0.230. The molecule has 27 heavy (non-hydrogen) atoms. The highest BCUT2D eigenvalue weighted by atomic mass is 16.5. The van der Waals surface area contributed by atoms with Gasteiger partial charge in [0.2, 0.25) is 5.91 Å². The van der Waals surface area contributed by atoms with Gasteiger partial charge in [0.05, 0.1) is 13.0 Å². The highest BCUT2D eigenvalue weighted by Crippen LogP contribution is 2.33. The summed E-state index contributed by atoms with van der Waals surface area (Å²) in [6.07, 6.45) is 7.34. The monoisotopic (exact) mass is 361 g/mol. The largest absolute Gasteiger partial charge is 0.493 e. The minimum atomic E-state index is 0.230. The van der Waals surface area contributed by atoms with Gasteiger partial charge in [0.1, 0.15) is 11.4 Å². The van der Waals surface area contributed by atoms with Gasteiger partial charge in [0.25, 0.3) is 0 Å². The van der Waals surface area contributed by atoms with Gasteiger partial charge in [-0.25, -0.2) is 4.98 Å². The molecule has 5 heteroatoms. The molecule has 2 aliphatic heterocycles. The van der Waals surface area contributed by atoms with Gasteiger partial charge in [-0.15, -0.1) is 0 Å². The lowest BCUT2D eigenvalue weighted by molar-refractivity contribution is -0.131. The van der Waals surface area contributed by atoms with Gasteiger partial charge in [0.15, 0.2) is 0 Å². The Morgan fingerprint density at radius 2 is 2.15 bits per heavy atom. The molecule has 5 nitrogen and oxygen atoms in total. The third-order valence-electron chi connectivity index (χ3n) is 5.88. The Kier molecular flexibility index (Phi) is 4.07. The maximum Gasteiger partial charge on any atom is 0.226 e. The van der Waals surface area contributed by atoms with Gasteiger partial charge >= 0.3 is 0 Å². The van der Waals surface area contributed by atoms with Gasteiger partial charge in [-0.1, -0.05) is 12.1 Å². The number of H-pyrrole nitrogens is 1. The lowest BCUT2D eigenvalue weighted by atomic mass is 9.89. The van der Waals surface area contributed by atoms with Gasteiger partial charge in [-0.3, -0.25) is 4.79 Å². The van der Waals surface area contributed by atoms with E-state index in [-0.39, 0.29) is 5.91 Å². The molecule has 0 radical (unpaired) electrons. The van der Waals surface area contributed by atoms with Crippen molar-refractivity contribution in [2.75, 3.05) is 19.7 Å². The van der Waals surface area contributed by atoms with Gasteiger partial charge in [-0.2, -0.15) is 0 Å². The van der Waals surface area contributed by atoms with Gasteiger partial charge in [0, 0.05) is 37.3 Å². The number of hydrogen-bond donors (Lipinski definition) is 1. The van der Waals surface area contributed by atoms with E-state index in [9.17, 15) is 4.79 Å². The summed E-state index contributed by atoms with van der Waals surface area (Å²) in [5.74, 6) is 1.69. The summed E-state index contributed by atoms with van der Waals surface area (Å²) in [5, 5.41) is 1.21. The average molecular weight is 361 g/mol. The van der Waals surface area contributed by atoms with Crippen LogP contribution in [0.5, 0.6) is 5.75 Å². The van der Waals surface area contributed by atoms with E-state index in [0.717, 1.165) is 55.9 Å². The lowest BCUT2D eigenvalue weighted by Gasteiger charge is -2.32. The number of fused-ring (bicyclic) bond motifs is 2. The molecule has 3 aromatic rings. The van der Waals surface area contributed by atoms with E-state index in [0.29, 0.717) is 12.3 Å². The number of rotatable bonds is 3. The first-order valence-corrected chi connectivity index (χ1v) is 9.72. The van der Waals surface area contributed by atoms with Crippen molar-refractivity contribution in [3.8, 4) is 5.75 Å². The van der Waals surface area contributed by atoms with Crippen molar-refractivity contribution in [2.45, 2.75) is 31.6 Å². The van der Waals surface area contributed by atoms with Crippen molar-refractivity contribution in [1.29, 1.82) is 0 Å². The number of nitrogens with zero attached hydrogens (tertiary/aromatic N) is 2. The van der Waals surface area contributed by atoms with E-state index in [4.69, 9.17) is 4.74 Å². The fourth-order valence-electron chi connectivity index (χ4n) is 4.39. The summed E-state index contributed by atoms with van der Waals surface area (Å²) in [6.45, 7) is 2.40. The van der Waals surface area contributed by atoms with Crippen LogP contribution in [0.3, 0.4) is 0 Å². The maximum atomic E-state index is 12.8. The summed E-state index contributed by atoms with van der Waals surface area (Å²) in [4.78, 5) is 22.4. The second kappa shape index (κ2) is 6.72. The van der Waals surface area contributed by atoms with E-state index >= 15 is 0 Å². The molecule has 0 bridgehead atoms. The third kappa shape index (κ3) is 3.07. The zero-order chi connectivity index (χ0) is 18.2. The highest BCUT2D eigenvalue weighted by molar-refractivity contribution is 5.81. The van der Waals surface area contributed by atoms with Crippen LogP contribution in [0, 0.1) is 0 Å². The first-order chi connectivity index (χ1) is 13.3. The molecule has 5 rings (SSSR count). The molecule has 2 aliphatic rings. The number of carbonyl (C=O) groups excluding carboxylic acids is 1. The van der Waals surface area contributed by atoms with Gasteiger partial charge < -0.3 is 14.6 Å². The summed E-state index contributed by atoms with van der Waals surface area (Å²) < 4.78 is 5.55. The molecule has 0 atom stereocenters. The van der Waals surface area contributed by atoms with Crippen LogP contribution in [0.4, 0.5) is 0 Å². The summed E-state index contributed by atoms with van der Waals surface area (Å²) in [5.41, 5.74) is 4.61. The molecule has 1 N–H and O–H groups in total. The summed E-state index contributed by atoms with van der Waals surface area (Å²) >= 11 is 0. The maximum absolute atomic E-state index is 12.8. The smallest absolute Gasteiger partial charge is 0.226 e. The van der Waals surface area contributed by atoms with E-state index in [2.05, 4.69) is 28.3 Å². The Labute approximate surface area is 158 Å². The quantitative estimate of drug-likeness (QED) is 0.777. The average Bonchev–Trinajstić information content (AvgIpc) is 3.34. The molecular formula is C22H23N3O2. The molecule has 4 heterocycles. The van der Waals surface area contributed by atoms with E-state index in [1.165, 1.54) is 16.5 Å². The van der Waals surface area contributed by atoms with Crippen LogP contribution in [0.15, 0.2) is 42.7 Å². The molecule has 0 aliphatic carbocycles. The molecule has 0 spiro atoms. The summed E-state index contributed by atoms with van der Waals surface area (Å²) in [6, 6.07) is 10.3.